The minimum absolute atomic E-state index is 0.0654. The normalized spacial score (nSPS) is 28.4. The predicted molar refractivity (Wildman–Crippen MR) is 104 cm³/mol. The van der Waals surface area contributed by atoms with Gasteiger partial charge in [-0.2, -0.15) is 0 Å². The van der Waals surface area contributed by atoms with Crippen molar-refractivity contribution in [1.29, 1.82) is 0 Å². The summed E-state index contributed by atoms with van der Waals surface area (Å²) >= 11 is 0. The highest BCUT2D eigenvalue weighted by Gasteiger charge is 2.61. The Morgan fingerprint density at radius 3 is 2.42 bits per heavy atom. The zero-order valence-corrected chi connectivity index (χ0v) is 16.9. The van der Waals surface area contributed by atoms with Gasteiger partial charge in [-0.15, -0.1) is 0 Å². The smallest absolute Gasteiger partial charge is 0.227 e. The molecule has 1 aliphatic carbocycles. The molecule has 1 aromatic rings. The highest BCUT2D eigenvalue weighted by molar-refractivity contribution is 7.91. The second kappa shape index (κ2) is 6.84. The van der Waals surface area contributed by atoms with Gasteiger partial charge in [0.15, 0.2) is 9.84 Å². The maximum atomic E-state index is 13.4. The van der Waals surface area contributed by atoms with E-state index in [-0.39, 0.29) is 40.7 Å². The van der Waals surface area contributed by atoms with E-state index in [9.17, 15) is 13.2 Å². The van der Waals surface area contributed by atoms with Crippen LogP contribution in [-0.4, -0.2) is 36.8 Å². The molecule has 0 spiro atoms. The zero-order chi connectivity index (χ0) is 19.1. The third-order valence-corrected chi connectivity index (χ3v) is 7.57. The zero-order valence-electron chi connectivity index (χ0n) is 16.1. The molecule has 2 aliphatic rings. The first-order chi connectivity index (χ1) is 12.1. The molecule has 1 aliphatic heterocycles. The highest BCUT2D eigenvalue weighted by atomic mass is 32.2. The molecular weight excluding hydrogens is 346 g/mol. The fraction of sp³-hybridized carbons (Fsp3) is 0.571. The van der Waals surface area contributed by atoms with Crippen LogP contribution in [0.1, 0.15) is 39.7 Å². The number of hydrogen-bond acceptors (Lipinski definition) is 3. The van der Waals surface area contributed by atoms with Crippen LogP contribution in [0.25, 0.3) is 0 Å². The van der Waals surface area contributed by atoms with E-state index >= 15 is 0 Å². The first kappa shape index (κ1) is 19.2. The van der Waals surface area contributed by atoms with Crippen LogP contribution in [-0.2, 0) is 21.2 Å². The van der Waals surface area contributed by atoms with Gasteiger partial charge in [-0.05, 0) is 37.2 Å². The summed E-state index contributed by atoms with van der Waals surface area (Å²) in [5.74, 6) is 0.539. The number of hydrogen-bond donors (Lipinski definition) is 0. The van der Waals surface area contributed by atoms with Crippen molar-refractivity contribution in [3.63, 3.8) is 0 Å². The van der Waals surface area contributed by atoms with Gasteiger partial charge in [0.2, 0.25) is 5.91 Å². The molecular formula is C21H29NO3S. The van der Waals surface area contributed by atoms with E-state index in [2.05, 4.69) is 33.8 Å². The van der Waals surface area contributed by atoms with Crippen molar-refractivity contribution in [3.05, 3.63) is 47.5 Å². The van der Waals surface area contributed by atoms with Gasteiger partial charge in [-0.1, -0.05) is 55.8 Å². The van der Waals surface area contributed by atoms with Gasteiger partial charge in [0.25, 0.3) is 0 Å². The lowest BCUT2D eigenvalue weighted by molar-refractivity contribution is -0.136. The molecule has 1 aromatic carbocycles. The largest absolute Gasteiger partial charge is 0.334 e. The number of carbonyl (C=O) groups excluding carboxylic acids is 1. The molecule has 0 unspecified atom stereocenters. The van der Waals surface area contributed by atoms with Gasteiger partial charge in [-0.3, -0.25) is 4.79 Å². The van der Waals surface area contributed by atoms with Crippen LogP contribution in [0.15, 0.2) is 42.0 Å². The average molecular weight is 376 g/mol. The molecule has 1 saturated heterocycles. The van der Waals surface area contributed by atoms with Gasteiger partial charge >= 0.3 is 0 Å². The van der Waals surface area contributed by atoms with E-state index in [0.29, 0.717) is 13.0 Å². The Morgan fingerprint density at radius 1 is 1.23 bits per heavy atom. The van der Waals surface area contributed by atoms with E-state index in [1.54, 1.807) is 0 Å². The van der Waals surface area contributed by atoms with Crippen LogP contribution < -0.4 is 0 Å². The van der Waals surface area contributed by atoms with Crippen LogP contribution in [0, 0.1) is 17.3 Å². The van der Waals surface area contributed by atoms with E-state index in [1.165, 1.54) is 5.57 Å². The molecule has 4 nitrogen and oxygen atoms in total. The van der Waals surface area contributed by atoms with Gasteiger partial charge < -0.3 is 4.90 Å². The Labute approximate surface area is 157 Å². The Balaban J connectivity index is 1.86. The molecule has 1 saturated carbocycles. The molecule has 3 atom stereocenters. The van der Waals surface area contributed by atoms with E-state index in [4.69, 9.17) is 0 Å². The second-order valence-corrected chi connectivity index (χ2v) is 10.8. The van der Waals surface area contributed by atoms with Crippen LogP contribution in [0.3, 0.4) is 0 Å². The summed E-state index contributed by atoms with van der Waals surface area (Å²) in [6, 6.07) is 9.64. The van der Waals surface area contributed by atoms with Crippen LogP contribution in [0.2, 0.25) is 0 Å². The average Bonchev–Trinajstić information content (AvgIpc) is 2.89. The van der Waals surface area contributed by atoms with Crippen molar-refractivity contribution in [1.82, 2.24) is 4.90 Å². The first-order valence-electron chi connectivity index (χ1n) is 9.31. The summed E-state index contributed by atoms with van der Waals surface area (Å²) in [5.41, 5.74) is 2.19. The second-order valence-electron chi connectivity index (χ2n) is 8.58. The summed E-state index contributed by atoms with van der Waals surface area (Å²) in [5, 5.41) is 0. The first-order valence-corrected chi connectivity index (χ1v) is 11.1. The Morgan fingerprint density at radius 2 is 1.88 bits per heavy atom. The van der Waals surface area contributed by atoms with Gasteiger partial charge in [0.1, 0.15) is 0 Å². The molecule has 0 radical (unpaired) electrons. The number of sulfone groups is 1. The molecule has 0 N–H and O–H groups in total. The van der Waals surface area contributed by atoms with Crippen molar-refractivity contribution in [2.24, 2.45) is 17.3 Å². The van der Waals surface area contributed by atoms with Crippen molar-refractivity contribution < 1.29 is 13.2 Å². The molecule has 1 heterocycles. The monoisotopic (exact) mass is 375 g/mol. The van der Waals surface area contributed by atoms with E-state index in [0.717, 1.165) is 5.56 Å². The maximum absolute atomic E-state index is 13.4. The Bertz CT molecular complexity index is 807. The lowest BCUT2D eigenvalue weighted by atomic mass is 10.1. The van der Waals surface area contributed by atoms with Crippen molar-refractivity contribution in [3.8, 4) is 0 Å². The van der Waals surface area contributed by atoms with Gasteiger partial charge in [0.05, 0.1) is 17.4 Å². The van der Waals surface area contributed by atoms with Gasteiger partial charge in [0, 0.05) is 12.6 Å². The summed E-state index contributed by atoms with van der Waals surface area (Å²) < 4.78 is 24.0. The Kier molecular flexibility index (Phi) is 5.04. The van der Waals surface area contributed by atoms with Crippen molar-refractivity contribution in [2.45, 2.75) is 46.7 Å². The Hall–Kier alpha value is -1.62. The topological polar surface area (TPSA) is 54.5 Å². The number of nitrogens with zero attached hydrogens (tertiary/aromatic N) is 1. The lowest BCUT2D eigenvalue weighted by Gasteiger charge is -2.29. The third-order valence-electron chi connectivity index (χ3n) is 5.82. The number of amides is 1. The van der Waals surface area contributed by atoms with Crippen LogP contribution in [0.5, 0.6) is 0 Å². The molecule has 3 rings (SSSR count). The molecule has 142 valence electrons. The number of rotatable bonds is 5. The summed E-state index contributed by atoms with van der Waals surface area (Å²) in [6.07, 6.45) is 2.73. The minimum atomic E-state index is -3.04. The fourth-order valence-electron chi connectivity index (χ4n) is 4.19. The third kappa shape index (κ3) is 3.88. The predicted octanol–water partition coefficient (Wildman–Crippen LogP) is 3.44. The maximum Gasteiger partial charge on any atom is 0.227 e. The fourth-order valence-corrected chi connectivity index (χ4v) is 5.92. The number of benzene rings is 1. The molecule has 0 aromatic heterocycles. The summed E-state index contributed by atoms with van der Waals surface area (Å²) in [6.45, 7) is 8.86. The van der Waals surface area contributed by atoms with Crippen LogP contribution in [0.4, 0.5) is 0 Å². The van der Waals surface area contributed by atoms with E-state index in [1.807, 2.05) is 35.2 Å². The minimum Gasteiger partial charge on any atom is -0.334 e. The summed E-state index contributed by atoms with van der Waals surface area (Å²) in [7, 11) is -3.04. The van der Waals surface area contributed by atoms with Crippen molar-refractivity contribution >= 4 is 15.7 Å². The SMILES string of the molecule is CC(C)=C[C@@H]1[C@@H](C(=O)N(Cc2ccccc2)[C@@H]2CCS(=O)(=O)C2)C1(C)C. The van der Waals surface area contributed by atoms with E-state index < -0.39 is 9.84 Å². The number of carbonyl (C=O) groups is 1. The molecule has 2 fully saturated rings. The molecule has 5 heteroatoms. The standard InChI is InChI=1S/C21H29NO3S/c1-15(2)12-18-19(21(18,3)4)20(23)22(13-16-8-6-5-7-9-16)17-10-11-26(24,25)14-17/h5-9,12,17-19H,10-11,13-14H2,1-4H3/t17-,18-,19+/m1/s1. The van der Waals surface area contributed by atoms with Crippen LogP contribution >= 0.6 is 0 Å². The molecule has 26 heavy (non-hydrogen) atoms. The molecule has 0 bridgehead atoms. The molecule has 1 amide bonds. The highest BCUT2D eigenvalue weighted by Crippen LogP contribution is 2.60. The lowest BCUT2D eigenvalue weighted by Crippen LogP contribution is -2.42. The summed E-state index contributed by atoms with van der Waals surface area (Å²) in [4.78, 5) is 15.3. The van der Waals surface area contributed by atoms with Crippen molar-refractivity contribution in [2.75, 3.05) is 11.5 Å². The van der Waals surface area contributed by atoms with Gasteiger partial charge in [-0.25, -0.2) is 8.42 Å². The quantitative estimate of drug-likeness (QED) is 0.741. The number of allylic oxidation sites excluding steroid dienone is 2.